The van der Waals surface area contributed by atoms with Crippen LogP contribution in [0.5, 0.6) is 0 Å². The van der Waals surface area contributed by atoms with Gasteiger partial charge in [-0.25, -0.2) is 4.57 Å². The lowest BCUT2D eigenvalue weighted by atomic mass is 9.60. The van der Waals surface area contributed by atoms with Crippen molar-refractivity contribution in [2.75, 3.05) is 0 Å². The van der Waals surface area contributed by atoms with Gasteiger partial charge in [-0.1, -0.05) is 73.9 Å². The lowest BCUT2D eigenvalue weighted by molar-refractivity contribution is -0.660. The minimum absolute atomic E-state index is 0.526. The summed E-state index contributed by atoms with van der Waals surface area (Å²) in [7, 11) is 2.06. The van der Waals surface area contributed by atoms with Gasteiger partial charge in [0.1, 0.15) is 7.05 Å². The molecule has 1 aromatic heterocycles. The number of aryl methyl sites for hydroxylation is 2. The quantitative estimate of drug-likeness (QED) is 0.281. The summed E-state index contributed by atoms with van der Waals surface area (Å²) in [5.74, 6) is -2.63. The van der Waals surface area contributed by atoms with Crippen molar-refractivity contribution < 1.29 is 8.68 Å². The average molecular weight is 446 g/mol. The fourth-order valence-corrected chi connectivity index (χ4v) is 6.43. The van der Waals surface area contributed by atoms with Gasteiger partial charge in [0.25, 0.3) is 0 Å². The molecule has 0 amide bonds. The Hall–Kier alpha value is -3.19. The molecule has 1 fully saturated rings. The van der Waals surface area contributed by atoms with E-state index in [2.05, 4.69) is 49.0 Å². The standard InChI is InChI=1S/C33H32N/c1-21-18-29-30(20-28(21)31-19-23(16-17-34(31)2)22-10-4-3-5-11-22)33-26-14-8-6-12-24(26)32(29)25-13-7-9-15-27(25)33/h6-9,12-20,22,32-33H,3-5,10-11H2,1-2H3/q+1/i22D,32D,33D. The van der Waals surface area contributed by atoms with Crippen LogP contribution in [0.3, 0.4) is 0 Å². The van der Waals surface area contributed by atoms with Crippen molar-refractivity contribution in [3.05, 3.63) is 124 Å². The molecule has 4 aromatic rings. The van der Waals surface area contributed by atoms with Crippen molar-refractivity contribution in [1.82, 2.24) is 0 Å². The normalized spacial score (nSPS) is 27.1. The molecule has 0 saturated heterocycles. The zero-order valence-corrected chi connectivity index (χ0v) is 20.0. The van der Waals surface area contributed by atoms with Gasteiger partial charge in [0.05, 0.1) is 0 Å². The maximum atomic E-state index is 10.0. The second-order valence-electron chi connectivity index (χ2n) is 10.1. The monoisotopic (exact) mass is 445 g/mol. The highest BCUT2D eigenvalue weighted by molar-refractivity contribution is 5.73. The number of pyridine rings is 1. The molecule has 1 nitrogen and oxygen atoms in total. The number of rotatable bonds is 2. The predicted octanol–water partition coefficient (Wildman–Crippen LogP) is 7.52. The van der Waals surface area contributed by atoms with Gasteiger partial charge < -0.3 is 0 Å². The maximum absolute atomic E-state index is 10.0. The van der Waals surface area contributed by atoms with E-state index in [4.69, 9.17) is 0 Å². The molecular weight excluding hydrogens is 410 g/mol. The average Bonchev–Trinajstić information content (AvgIpc) is 2.92. The van der Waals surface area contributed by atoms with Gasteiger partial charge in [0.2, 0.25) is 5.69 Å². The lowest BCUT2D eigenvalue weighted by Gasteiger charge is -2.42. The molecule has 4 aliphatic carbocycles. The molecule has 168 valence electrons. The zero-order valence-electron chi connectivity index (χ0n) is 23.0. The summed E-state index contributed by atoms with van der Waals surface area (Å²) in [5.41, 5.74) is 9.84. The maximum Gasteiger partial charge on any atom is 0.212 e. The van der Waals surface area contributed by atoms with Crippen LogP contribution in [0.2, 0.25) is 0 Å². The van der Waals surface area contributed by atoms with Crippen molar-refractivity contribution in [3.63, 3.8) is 0 Å². The Labute approximate surface area is 207 Å². The second kappa shape index (κ2) is 7.67. The predicted molar refractivity (Wildman–Crippen MR) is 138 cm³/mol. The third-order valence-electron chi connectivity index (χ3n) is 8.13. The van der Waals surface area contributed by atoms with E-state index in [-0.39, 0.29) is 0 Å². The van der Waals surface area contributed by atoms with Crippen LogP contribution < -0.4 is 4.57 Å². The van der Waals surface area contributed by atoms with E-state index in [9.17, 15) is 4.11 Å². The van der Waals surface area contributed by atoms with Crippen molar-refractivity contribution >= 4 is 0 Å². The second-order valence-corrected chi connectivity index (χ2v) is 10.1. The molecule has 0 N–H and O–H groups in total. The Morgan fingerprint density at radius 3 is 1.85 bits per heavy atom. The van der Waals surface area contributed by atoms with Crippen LogP contribution in [0.4, 0.5) is 0 Å². The molecule has 1 heteroatoms. The minimum Gasteiger partial charge on any atom is -0.201 e. The van der Waals surface area contributed by atoms with Gasteiger partial charge in [-0.15, -0.1) is 0 Å². The Balaban J connectivity index is 1.48. The Kier molecular flexibility index (Phi) is 3.90. The lowest BCUT2D eigenvalue weighted by Crippen LogP contribution is -2.32. The fraction of sp³-hybridized carbons (Fsp3) is 0.303. The van der Waals surface area contributed by atoms with E-state index >= 15 is 0 Å². The van der Waals surface area contributed by atoms with Crippen LogP contribution in [0.15, 0.2) is 79.0 Å². The summed E-state index contributed by atoms with van der Waals surface area (Å²) in [5, 5.41) is 0. The molecule has 3 aromatic carbocycles. The van der Waals surface area contributed by atoms with Crippen LogP contribution in [0, 0.1) is 6.92 Å². The third kappa shape index (κ3) is 2.89. The van der Waals surface area contributed by atoms with Gasteiger partial charge in [0, 0.05) is 33.6 Å². The van der Waals surface area contributed by atoms with Crippen molar-refractivity contribution in [2.45, 2.75) is 56.7 Å². The van der Waals surface area contributed by atoms with Gasteiger partial charge in [-0.2, -0.15) is 0 Å². The van der Waals surface area contributed by atoms with Crippen LogP contribution in [0.1, 0.15) is 98.4 Å². The molecule has 0 radical (unpaired) electrons. The van der Waals surface area contributed by atoms with E-state index in [0.29, 0.717) is 0 Å². The summed E-state index contributed by atoms with van der Waals surface area (Å²) >= 11 is 0. The SMILES string of the molecule is [2H]C1(c2cc[n+](C)c(-c3cc4c(cc3C)C3([2H])c5ccccc5C4([2H])c4ccccc43)c2)CCCCC1. The number of nitrogens with zero attached hydrogens (tertiary/aromatic N) is 1. The molecule has 0 atom stereocenters. The summed E-state index contributed by atoms with van der Waals surface area (Å²) in [4.78, 5) is 0. The summed E-state index contributed by atoms with van der Waals surface area (Å²) < 4.78 is 31.3. The first-order valence-electron chi connectivity index (χ1n) is 14.1. The topological polar surface area (TPSA) is 3.88 Å². The number of aromatic nitrogens is 1. The van der Waals surface area contributed by atoms with Crippen molar-refractivity contribution in [2.24, 2.45) is 7.05 Å². The summed E-state index contributed by atoms with van der Waals surface area (Å²) in [6.45, 7) is 2.12. The largest absolute Gasteiger partial charge is 0.212 e. The highest BCUT2D eigenvalue weighted by Crippen LogP contribution is 2.56. The van der Waals surface area contributed by atoms with Crippen LogP contribution >= 0.6 is 0 Å². The van der Waals surface area contributed by atoms with Crippen molar-refractivity contribution in [1.29, 1.82) is 0 Å². The first-order chi connectivity index (χ1) is 17.8. The minimum atomic E-state index is -1.07. The molecule has 8 rings (SSSR count). The third-order valence-corrected chi connectivity index (χ3v) is 8.13. The molecule has 34 heavy (non-hydrogen) atoms. The molecule has 4 aliphatic rings. The van der Waals surface area contributed by atoms with E-state index in [0.717, 1.165) is 81.4 Å². The molecule has 2 bridgehead atoms. The fourth-order valence-electron chi connectivity index (χ4n) is 6.43. The van der Waals surface area contributed by atoms with Gasteiger partial charge in [-0.05, 0) is 76.2 Å². The van der Waals surface area contributed by atoms with Gasteiger partial charge in [-0.3, -0.25) is 0 Å². The number of hydrogen-bond acceptors (Lipinski definition) is 0. The van der Waals surface area contributed by atoms with E-state index in [1.165, 1.54) is 6.42 Å². The Morgan fingerprint density at radius 1 is 0.706 bits per heavy atom. The number of hydrogen-bond donors (Lipinski definition) is 0. The van der Waals surface area contributed by atoms with Gasteiger partial charge >= 0.3 is 0 Å². The highest BCUT2D eigenvalue weighted by Gasteiger charge is 2.41. The van der Waals surface area contributed by atoms with Crippen molar-refractivity contribution in [3.8, 4) is 11.3 Å². The number of benzene rings is 3. The summed E-state index contributed by atoms with van der Waals surface area (Å²) in [6, 6.07) is 24.8. The molecule has 1 saturated carbocycles. The van der Waals surface area contributed by atoms with Crippen LogP contribution in [-0.4, -0.2) is 0 Å². The van der Waals surface area contributed by atoms with E-state index in [1.54, 1.807) is 0 Å². The molecular formula is C33H32N+. The van der Waals surface area contributed by atoms with Crippen LogP contribution in [0.25, 0.3) is 11.3 Å². The molecule has 1 heterocycles. The smallest absolute Gasteiger partial charge is 0.201 e. The van der Waals surface area contributed by atoms with E-state index in [1.807, 2.05) is 48.5 Å². The zero-order chi connectivity index (χ0) is 25.6. The Bertz CT molecular complexity index is 1530. The first kappa shape index (κ1) is 17.3. The summed E-state index contributed by atoms with van der Waals surface area (Å²) in [6.07, 6.45) is 7.37. The Morgan fingerprint density at radius 2 is 1.26 bits per heavy atom. The molecule has 0 spiro atoms. The highest BCUT2D eigenvalue weighted by atomic mass is 14.9. The molecule has 0 unspecified atom stereocenters. The van der Waals surface area contributed by atoms with Gasteiger partial charge in [0.15, 0.2) is 6.20 Å². The molecule has 0 aliphatic heterocycles. The first-order valence-corrected chi connectivity index (χ1v) is 12.6. The van der Waals surface area contributed by atoms with E-state index < -0.39 is 17.7 Å². The van der Waals surface area contributed by atoms with Crippen LogP contribution in [-0.2, 0) is 7.05 Å².